The van der Waals surface area contributed by atoms with Crippen molar-refractivity contribution in [2.45, 2.75) is 18.3 Å². The van der Waals surface area contributed by atoms with Crippen molar-refractivity contribution < 1.29 is 35.1 Å². The van der Waals surface area contributed by atoms with E-state index < -0.39 is 43.3 Å². The van der Waals surface area contributed by atoms with Crippen LogP contribution in [0.1, 0.15) is 11.3 Å². The molecule has 0 atom stereocenters. The summed E-state index contributed by atoms with van der Waals surface area (Å²) in [5, 5.41) is 10.4. The lowest BCUT2D eigenvalue weighted by atomic mass is 10.1. The van der Waals surface area contributed by atoms with Gasteiger partial charge in [-0.2, -0.15) is 45.3 Å². The molecule has 0 radical (unpaired) electrons. The van der Waals surface area contributed by atoms with Crippen LogP contribution in [-0.4, -0.2) is 25.7 Å². The molecule has 4 nitrogen and oxygen atoms in total. The molecule has 2 aromatic heterocycles. The maximum absolute atomic E-state index is 13.4. The fourth-order valence-electron chi connectivity index (χ4n) is 3.99. The highest BCUT2D eigenvalue weighted by atomic mass is 79.9. The number of halogens is 9. The number of alkyl halides is 8. The summed E-state index contributed by atoms with van der Waals surface area (Å²) in [6.45, 7) is 0. The SMILES string of the molecule is Cn1nc(C(F)(F)C(F)(F)F)c(C(F)(F)F)c1-n1cc(Br)cn1.c1ccc(P(c2ccccc2)c2ccccc2)cc1. The lowest BCUT2D eigenvalue weighted by molar-refractivity contribution is -0.292. The zero-order valence-corrected chi connectivity index (χ0v) is 23.9. The van der Waals surface area contributed by atoms with Crippen LogP contribution in [0.2, 0.25) is 0 Å². The van der Waals surface area contributed by atoms with Crippen molar-refractivity contribution in [2.24, 2.45) is 7.05 Å². The predicted octanol–water partition coefficient (Wildman–Crippen LogP) is 7.49. The zero-order valence-electron chi connectivity index (χ0n) is 21.5. The van der Waals surface area contributed by atoms with Gasteiger partial charge in [-0.15, -0.1) is 0 Å². The van der Waals surface area contributed by atoms with E-state index >= 15 is 0 Å². The average Bonchev–Trinajstić information content (AvgIpc) is 3.53. The molecule has 3 aromatic carbocycles. The smallest absolute Gasteiger partial charge is 0.250 e. The van der Waals surface area contributed by atoms with E-state index in [0.717, 1.165) is 19.4 Å². The van der Waals surface area contributed by atoms with Crippen LogP contribution in [-0.2, 0) is 19.1 Å². The van der Waals surface area contributed by atoms with Crippen LogP contribution in [0.25, 0.3) is 5.82 Å². The quantitative estimate of drug-likeness (QED) is 0.143. The second-order valence-corrected chi connectivity index (χ2v) is 11.8. The van der Waals surface area contributed by atoms with E-state index in [2.05, 4.69) is 117 Å². The Labute approximate surface area is 244 Å². The summed E-state index contributed by atoms with van der Waals surface area (Å²) in [5.41, 5.74) is -4.64. The highest BCUT2D eigenvalue weighted by molar-refractivity contribution is 9.10. The van der Waals surface area contributed by atoms with Crippen molar-refractivity contribution in [1.82, 2.24) is 19.6 Å². The molecule has 0 saturated heterocycles. The molecule has 0 N–H and O–H groups in total. The lowest BCUT2D eigenvalue weighted by Crippen LogP contribution is -2.36. The van der Waals surface area contributed by atoms with E-state index in [0.29, 0.717) is 4.68 Å². The summed E-state index contributed by atoms with van der Waals surface area (Å²) in [5.74, 6) is -6.85. The molecule has 220 valence electrons. The Balaban J connectivity index is 0.000000196. The first-order valence-corrected chi connectivity index (χ1v) is 14.1. The van der Waals surface area contributed by atoms with Gasteiger partial charge >= 0.3 is 18.3 Å². The van der Waals surface area contributed by atoms with E-state index in [1.54, 1.807) is 0 Å². The Bertz CT molecular complexity index is 1510. The molecular formula is C28H20BrF8N4P. The van der Waals surface area contributed by atoms with Crippen LogP contribution >= 0.6 is 23.9 Å². The Hall–Kier alpha value is -3.57. The normalized spacial score (nSPS) is 12.3. The molecule has 0 saturated carbocycles. The molecule has 0 aliphatic rings. The van der Waals surface area contributed by atoms with Gasteiger partial charge in [0.1, 0.15) is 5.56 Å². The monoisotopic (exact) mass is 674 g/mol. The van der Waals surface area contributed by atoms with Crippen molar-refractivity contribution in [2.75, 3.05) is 0 Å². The van der Waals surface area contributed by atoms with Gasteiger partial charge in [-0.05, 0) is 39.8 Å². The Kier molecular flexibility index (Phi) is 9.22. The number of hydrogen-bond donors (Lipinski definition) is 0. The van der Waals surface area contributed by atoms with Gasteiger partial charge in [-0.3, -0.25) is 0 Å². The van der Waals surface area contributed by atoms with E-state index in [-0.39, 0.29) is 9.15 Å². The molecule has 0 aliphatic heterocycles. The molecular weight excluding hydrogens is 655 g/mol. The maximum Gasteiger partial charge on any atom is 0.459 e. The second-order valence-electron chi connectivity index (χ2n) is 8.69. The van der Waals surface area contributed by atoms with Crippen LogP contribution in [0, 0.1) is 0 Å². The van der Waals surface area contributed by atoms with E-state index in [1.807, 2.05) is 0 Å². The fourth-order valence-corrected chi connectivity index (χ4v) is 6.58. The van der Waals surface area contributed by atoms with Gasteiger partial charge in [0, 0.05) is 13.2 Å². The van der Waals surface area contributed by atoms with Gasteiger partial charge in [0.15, 0.2) is 11.5 Å². The van der Waals surface area contributed by atoms with Gasteiger partial charge in [0.25, 0.3) is 0 Å². The van der Waals surface area contributed by atoms with Crippen LogP contribution in [0.15, 0.2) is 108 Å². The first-order chi connectivity index (χ1) is 19.7. The predicted molar refractivity (Wildman–Crippen MR) is 148 cm³/mol. The number of benzene rings is 3. The summed E-state index contributed by atoms with van der Waals surface area (Å²) in [7, 11) is 0.356. The second kappa shape index (κ2) is 12.3. The van der Waals surface area contributed by atoms with Crippen molar-refractivity contribution in [3.05, 3.63) is 119 Å². The fraction of sp³-hybridized carbons (Fsp3) is 0.143. The highest BCUT2D eigenvalue weighted by Gasteiger charge is 2.64. The molecule has 5 rings (SSSR count). The summed E-state index contributed by atoms with van der Waals surface area (Å²) in [6, 6.07) is 32.3. The minimum Gasteiger partial charge on any atom is -0.250 e. The van der Waals surface area contributed by atoms with Gasteiger partial charge in [-0.1, -0.05) is 91.0 Å². The number of aryl methyl sites for hydroxylation is 1. The summed E-state index contributed by atoms with van der Waals surface area (Å²) in [6.07, 6.45) is -9.74. The first kappa shape index (κ1) is 31.4. The van der Waals surface area contributed by atoms with Crippen LogP contribution in [0.4, 0.5) is 35.1 Å². The minimum atomic E-state index is -6.23. The average molecular weight is 675 g/mol. The van der Waals surface area contributed by atoms with Gasteiger partial charge in [0.05, 0.1) is 10.7 Å². The zero-order chi connectivity index (χ0) is 30.7. The Morgan fingerprint density at radius 1 is 0.690 bits per heavy atom. The first-order valence-electron chi connectivity index (χ1n) is 12.0. The molecule has 0 amide bonds. The Morgan fingerprint density at radius 2 is 1.12 bits per heavy atom. The van der Waals surface area contributed by atoms with Crippen molar-refractivity contribution in [1.29, 1.82) is 0 Å². The maximum atomic E-state index is 13.4. The number of aromatic nitrogens is 4. The standard InChI is InChI=1S/C18H15P.C10H5BrF8N4/c1-4-10-16(11-5-1)19(17-12-6-2-7-13-17)18-14-8-3-9-15-18;1-22-7(23-3-4(11)2-20-23)5(9(14,15)16)6(21-22)8(12,13)10(17,18)19/h1-15H;2-3H,1H3. The Morgan fingerprint density at radius 3 is 1.45 bits per heavy atom. The van der Waals surface area contributed by atoms with E-state index in [4.69, 9.17) is 0 Å². The topological polar surface area (TPSA) is 35.6 Å². The van der Waals surface area contributed by atoms with E-state index in [9.17, 15) is 35.1 Å². The molecule has 14 heteroatoms. The summed E-state index contributed by atoms with van der Waals surface area (Å²) < 4.78 is 104. The molecule has 42 heavy (non-hydrogen) atoms. The van der Waals surface area contributed by atoms with Crippen LogP contribution in [0.5, 0.6) is 0 Å². The number of nitrogens with zero attached hydrogens (tertiary/aromatic N) is 4. The highest BCUT2D eigenvalue weighted by Crippen LogP contribution is 2.49. The van der Waals surface area contributed by atoms with Gasteiger partial charge < -0.3 is 0 Å². The number of hydrogen-bond acceptors (Lipinski definition) is 2. The third-order valence-electron chi connectivity index (χ3n) is 5.77. The molecule has 0 bridgehead atoms. The van der Waals surface area contributed by atoms with Crippen LogP contribution < -0.4 is 15.9 Å². The lowest BCUT2D eigenvalue weighted by Gasteiger charge is -2.19. The molecule has 0 spiro atoms. The van der Waals surface area contributed by atoms with E-state index in [1.165, 1.54) is 15.9 Å². The molecule has 2 heterocycles. The largest absolute Gasteiger partial charge is 0.459 e. The molecule has 0 fully saturated rings. The summed E-state index contributed by atoms with van der Waals surface area (Å²) in [4.78, 5) is 0. The van der Waals surface area contributed by atoms with Crippen molar-refractivity contribution in [3.8, 4) is 5.82 Å². The van der Waals surface area contributed by atoms with Gasteiger partial charge in [0.2, 0.25) is 0 Å². The third kappa shape index (κ3) is 6.73. The molecule has 0 unspecified atom stereocenters. The van der Waals surface area contributed by atoms with Crippen molar-refractivity contribution >= 4 is 39.8 Å². The number of rotatable bonds is 5. The minimum absolute atomic E-state index is 0.191. The van der Waals surface area contributed by atoms with Gasteiger partial charge in [-0.25, -0.2) is 9.36 Å². The van der Waals surface area contributed by atoms with Crippen molar-refractivity contribution in [3.63, 3.8) is 0 Å². The summed E-state index contributed by atoms with van der Waals surface area (Å²) >= 11 is 2.88. The van der Waals surface area contributed by atoms with Crippen LogP contribution in [0.3, 0.4) is 0 Å². The molecule has 5 aromatic rings. The molecule has 0 aliphatic carbocycles. The third-order valence-corrected chi connectivity index (χ3v) is 8.62.